The Balaban J connectivity index is 4.18. The van der Waals surface area contributed by atoms with Gasteiger partial charge in [0.1, 0.15) is 0 Å². The maximum atomic E-state index is 11.3. The molecule has 0 rings (SSSR count). The molecule has 0 heterocycles. The summed E-state index contributed by atoms with van der Waals surface area (Å²) >= 11 is 0. The van der Waals surface area contributed by atoms with E-state index in [-0.39, 0.29) is 18.2 Å². The van der Waals surface area contributed by atoms with Gasteiger partial charge < -0.3 is 15.3 Å². The van der Waals surface area contributed by atoms with Gasteiger partial charge in [0.2, 0.25) is 0 Å². The van der Waals surface area contributed by atoms with Crippen molar-refractivity contribution < 1.29 is 9.90 Å². The number of urea groups is 1. The van der Waals surface area contributed by atoms with Gasteiger partial charge in [-0.1, -0.05) is 6.92 Å². The minimum atomic E-state index is -0.296. The van der Waals surface area contributed by atoms with E-state index in [4.69, 9.17) is 5.11 Å². The summed E-state index contributed by atoms with van der Waals surface area (Å²) in [6.45, 7) is 4.02. The number of nitrogens with zero attached hydrogens (tertiary/aromatic N) is 1. The van der Waals surface area contributed by atoms with Crippen LogP contribution in [0.4, 0.5) is 4.79 Å². The van der Waals surface area contributed by atoms with Crippen molar-refractivity contribution in [1.29, 1.82) is 0 Å². The summed E-state index contributed by atoms with van der Waals surface area (Å²) in [4.78, 5) is 12.8. The van der Waals surface area contributed by atoms with E-state index >= 15 is 0 Å². The molecule has 0 bridgehead atoms. The predicted octanol–water partition coefficient (Wildman–Crippen LogP) is 0.809. The molecule has 78 valence electrons. The van der Waals surface area contributed by atoms with Crippen LogP contribution in [0, 0.1) is 0 Å². The van der Waals surface area contributed by atoms with Crippen LogP contribution in [0.5, 0.6) is 0 Å². The molecule has 0 saturated carbocycles. The van der Waals surface area contributed by atoms with Crippen molar-refractivity contribution in [2.24, 2.45) is 0 Å². The molecule has 0 spiro atoms. The molecule has 0 aromatic rings. The van der Waals surface area contributed by atoms with Crippen molar-refractivity contribution >= 4 is 6.03 Å². The van der Waals surface area contributed by atoms with Crippen LogP contribution >= 0.6 is 0 Å². The normalized spacial score (nSPS) is 14.8. The van der Waals surface area contributed by atoms with Crippen molar-refractivity contribution in [1.82, 2.24) is 10.2 Å². The molecule has 0 saturated heterocycles. The Bertz CT molecular complexity index is 171. The predicted molar refractivity (Wildman–Crippen MR) is 52.6 cm³/mol. The molecule has 4 heteroatoms. The van der Waals surface area contributed by atoms with Gasteiger partial charge in [-0.3, -0.25) is 0 Å². The third-order valence-corrected chi connectivity index (χ3v) is 2.26. The monoisotopic (exact) mass is 188 g/mol. The average Bonchev–Trinajstić information content (AvgIpc) is 2.04. The third-order valence-electron chi connectivity index (χ3n) is 2.26. The summed E-state index contributed by atoms with van der Waals surface area (Å²) in [5.74, 6) is 0. The van der Waals surface area contributed by atoms with Gasteiger partial charge in [-0.15, -0.1) is 0 Å². The topological polar surface area (TPSA) is 52.6 Å². The number of rotatable bonds is 4. The number of aliphatic hydroxyl groups is 1. The van der Waals surface area contributed by atoms with E-state index in [0.29, 0.717) is 6.42 Å². The van der Waals surface area contributed by atoms with Crippen LogP contribution in [-0.4, -0.2) is 42.3 Å². The van der Waals surface area contributed by atoms with E-state index in [0.717, 1.165) is 6.42 Å². The number of carbonyl (C=O) groups is 1. The van der Waals surface area contributed by atoms with Gasteiger partial charge >= 0.3 is 6.03 Å². The highest BCUT2D eigenvalue weighted by Crippen LogP contribution is 2.13. The van der Waals surface area contributed by atoms with Crippen molar-refractivity contribution in [3.05, 3.63) is 0 Å². The van der Waals surface area contributed by atoms with Gasteiger partial charge in [-0.25, -0.2) is 4.79 Å². The summed E-state index contributed by atoms with van der Waals surface area (Å²) < 4.78 is 0. The molecule has 0 aliphatic heterocycles. The molecule has 2 amide bonds. The van der Waals surface area contributed by atoms with E-state index in [1.807, 2.05) is 13.8 Å². The fourth-order valence-electron chi connectivity index (χ4n) is 0.944. The molecule has 0 aliphatic rings. The van der Waals surface area contributed by atoms with E-state index in [9.17, 15) is 4.79 Å². The number of nitrogens with one attached hydrogen (secondary N) is 1. The lowest BCUT2D eigenvalue weighted by Gasteiger charge is -2.30. The molecule has 0 aliphatic carbocycles. The van der Waals surface area contributed by atoms with Crippen molar-refractivity contribution in [2.45, 2.75) is 32.2 Å². The largest absolute Gasteiger partial charge is 0.396 e. The zero-order valence-corrected chi connectivity index (χ0v) is 8.92. The molecule has 13 heavy (non-hydrogen) atoms. The molecule has 0 radical (unpaired) electrons. The van der Waals surface area contributed by atoms with Gasteiger partial charge in [-0.2, -0.15) is 0 Å². The number of hydrogen-bond donors (Lipinski definition) is 2. The summed E-state index contributed by atoms with van der Waals surface area (Å²) in [6, 6.07) is -0.113. The lowest BCUT2D eigenvalue weighted by molar-refractivity contribution is 0.184. The van der Waals surface area contributed by atoms with Crippen LogP contribution in [0.1, 0.15) is 26.7 Å². The van der Waals surface area contributed by atoms with E-state index < -0.39 is 0 Å². The Morgan fingerprint density at radius 1 is 1.54 bits per heavy atom. The molecular formula is C9H20N2O2. The fourth-order valence-corrected chi connectivity index (χ4v) is 0.944. The quantitative estimate of drug-likeness (QED) is 0.686. The maximum absolute atomic E-state index is 11.3. The highest BCUT2D eigenvalue weighted by atomic mass is 16.3. The first-order valence-corrected chi connectivity index (χ1v) is 4.55. The lowest BCUT2D eigenvalue weighted by Crippen LogP contribution is -2.49. The number of carbonyl (C=O) groups excluding carboxylic acids is 1. The summed E-state index contributed by atoms with van der Waals surface area (Å²) in [5.41, 5.74) is -0.296. The zero-order chi connectivity index (χ0) is 10.5. The Hall–Kier alpha value is -0.770. The molecule has 0 fully saturated rings. The molecule has 1 atom stereocenters. The third kappa shape index (κ3) is 4.12. The van der Waals surface area contributed by atoms with E-state index in [1.165, 1.54) is 4.90 Å². The van der Waals surface area contributed by atoms with Gasteiger partial charge in [0.15, 0.2) is 0 Å². The Morgan fingerprint density at radius 2 is 2.08 bits per heavy atom. The molecule has 0 aromatic carbocycles. The van der Waals surface area contributed by atoms with E-state index in [1.54, 1.807) is 14.1 Å². The summed E-state index contributed by atoms with van der Waals surface area (Å²) in [5, 5.41) is 11.7. The molecule has 4 nitrogen and oxygen atoms in total. The van der Waals surface area contributed by atoms with Crippen molar-refractivity contribution in [3.63, 3.8) is 0 Å². The van der Waals surface area contributed by atoms with Crippen molar-refractivity contribution in [3.8, 4) is 0 Å². The maximum Gasteiger partial charge on any atom is 0.317 e. The second-order valence-corrected chi connectivity index (χ2v) is 3.71. The Labute approximate surface area is 79.9 Å². The minimum absolute atomic E-state index is 0.0953. The van der Waals surface area contributed by atoms with Crippen LogP contribution in [0.3, 0.4) is 0 Å². The Morgan fingerprint density at radius 3 is 2.38 bits per heavy atom. The van der Waals surface area contributed by atoms with Crippen LogP contribution < -0.4 is 5.32 Å². The summed E-state index contributed by atoms with van der Waals surface area (Å²) in [6.07, 6.45) is 1.40. The van der Waals surface area contributed by atoms with Gasteiger partial charge in [-0.05, 0) is 19.8 Å². The highest BCUT2D eigenvalue weighted by Gasteiger charge is 2.23. The first kappa shape index (κ1) is 12.2. The molecular weight excluding hydrogens is 168 g/mol. The molecule has 1 unspecified atom stereocenters. The van der Waals surface area contributed by atoms with Crippen LogP contribution in [0.25, 0.3) is 0 Å². The standard InChI is InChI=1S/C9H20N2O2/c1-5-9(2,6-7-12)10-8(13)11(3)4/h12H,5-7H2,1-4H3,(H,10,13). The second kappa shape index (κ2) is 5.07. The number of hydrogen-bond acceptors (Lipinski definition) is 2. The summed E-state index contributed by atoms with van der Waals surface area (Å²) in [7, 11) is 3.40. The van der Waals surface area contributed by atoms with Crippen LogP contribution in [-0.2, 0) is 0 Å². The minimum Gasteiger partial charge on any atom is -0.396 e. The molecule has 0 aromatic heterocycles. The number of amides is 2. The smallest absolute Gasteiger partial charge is 0.317 e. The first-order chi connectivity index (χ1) is 5.95. The fraction of sp³-hybridized carbons (Fsp3) is 0.889. The SMILES string of the molecule is CCC(C)(CCO)NC(=O)N(C)C. The zero-order valence-electron chi connectivity index (χ0n) is 8.92. The van der Waals surface area contributed by atoms with Crippen molar-refractivity contribution in [2.75, 3.05) is 20.7 Å². The van der Waals surface area contributed by atoms with Crippen LogP contribution in [0.15, 0.2) is 0 Å². The van der Waals surface area contributed by atoms with E-state index in [2.05, 4.69) is 5.32 Å². The first-order valence-electron chi connectivity index (χ1n) is 4.55. The van der Waals surface area contributed by atoms with Gasteiger partial charge in [0.25, 0.3) is 0 Å². The number of aliphatic hydroxyl groups excluding tert-OH is 1. The van der Waals surface area contributed by atoms with Gasteiger partial charge in [0, 0.05) is 26.2 Å². The highest BCUT2D eigenvalue weighted by molar-refractivity contribution is 5.74. The van der Waals surface area contributed by atoms with Crippen LogP contribution in [0.2, 0.25) is 0 Å². The lowest BCUT2D eigenvalue weighted by atomic mass is 9.95. The average molecular weight is 188 g/mol. The Kier molecular flexibility index (Phi) is 4.77. The second-order valence-electron chi connectivity index (χ2n) is 3.71. The molecule has 2 N–H and O–H groups in total. The van der Waals surface area contributed by atoms with Gasteiger partial charge in [0.05, 0.1) is 0 Å².